The number of aromatic amines is 1. The molecule has 1 aromatic heterocycles. The highest BCUT2D eigenvalue weighted by Gasteiger charge is 2.48. The molecule has 1 aromatic rings. The largest absolute Gasteiger partial charge is 0.389 e. The maximum Gasteiger partial charge on any atom is 0.0765 e. The van der Waals surface area contributed by atoms with Gasteiger partial charge >= 0.3 is 0 Å². The smallest absolute Gasteiger partial charge is 0.0765 e. The van der Waals surface area contributed by atoms with Gasteiger partial charge in [-0.1, -0.05) is 19.4 Å². The van der Waals surface area contributed by atoms with E-state index in [4.69, 9.17) is 0 Å². The Balaban J connectivity index is 1.68. The van der Waals surface area contributed by atoms with E-state index in [1.54, 1.807) is 0 Å². The van der Waals surface area contributed by atoms with Gasteiger partial charge in [-0.3, -0.25) is 4.90 Å². The average molecular weight is 298 g/mol. The van der Waals surface area contributed by atoms with Gasteiger partial charge in [0.1, 0.15) is 0 Å². The zero-order valence-electron chi connectivity index (χ0n) is 13.4. The molecule has 2 N–H and O–H groups in total. The van der Waals surface area contributed by atoms with E-state index in [2.05, 4.69) is 29.0 Å². The van der Waals surface area contributed by atoms with Crippen LogP contribution in [-0.4, -0.2) is 40.2 Å². The first-order valence-electron chi connectivity index (χ1n) is 9.09. The van der Waals surface area contributed by atoms with Crippen molar-refractivity contribution < 1.29 is 5.11 Å². The molecule has 3 nitrogen and oxygen atoms in total. The molecule has 6 rings (SSSR count). The molecule has 3 unspecified atom stereocenters. The first-order valence-corrected chi connectivity index (χ1v) is 9.09. The van der Waals surface area contributed by atoms with Gasteiger partial charge in [0.2, 0.25) is 0 Å². The summed E-state index contributed by atoms with van der Waals surface area (Å²) in [7, 11) is 0. The second-order valence-electron chi connectivity index (χ2n) is 7.87. The van der Waals surface area contributed by atoms with Crippen LogP contribution < -0.4 is 10.6 Å². The van der Waals surface area contributed by atoms with Crippen LogP contribution in [0.25, 0.3) is 12.2 Å². The molecule has 2 aliphatic carbocycles. The Kier molecular flexibility index (Phi) is 2.87. The van der Waals surface area contributed by atoms with Crippen LogP contribution in [-0.2, 0) is 6.42 Å². The Bertz CT molecular complexity index is 719. The minimum atomic E-state index is -0.296. The zero-order valence-corrected chi connectivity index (χ0v) is 13.4. The van der Waals surface area contributed by atoms with Crippen molar-refractivity contribution in [1.82, 2.24) is 9.88 Å². The Morgan fingerprint density at radius 2 is 2.27 bits per heavy atom. The maximum absolute atomic E-state index is 10.0. The van der Waals surface area contributed by atoms with Crippen molar-refractivity contribution in [2.75, 3.05) is 13.1 Å². The van der Waals surface area contributed by atoms with Gasteiger partial charge in [0, 0.05) is 41.3 Å². The molecule has 118 valence electrons. The first kappa shape index (κ1) is 13.4. The number of piperidine rings is 2. The van der Waals surface area contributed by atoms with Crippen molar-refractivity contribution in [2.45, 2.75) is 57.1 Å². The fourth-order valence-corrected chi connectivity index (χ4v) is 5.87. The van der Waals surface area contributed by atoms with Gasteiger partial charge in [0.05, 0.1) is 6.10 Å². The van der Waals surface area contributed by atoms with E-state index in [0.29, 0.717) is 5.92 Å². The Morgan fingerprint density at radius 3 is 3.14 bits per heavy atom. The number of hydrogen-bond donors (Lipinski definition) is 2. The molecular formula is C19H26N2O. The molecule has 0 spiro atoms. The Morgan fingerprint density at radius 1 is 1.36 bits per heavy atom. The molecule has 22 heavy (non-hydrogen) atoms. The Labute approximate surface area is 131 Å². The SMILES string of the molecule is CC[C@H]1C[C@H]2C[C@H]3c4[nH]c5c(c4CCN(C2)C13)=CC(O)CC=5. The summed E-state index contributed by atoms with van der Waals surface area (Å²) < 4.78 is 0. The predicted molar refractivity (Wildman–Crippen MR) is 87.9 cm³/mol. The van der Waals surface area contributed by atoms with E-state index in [-0.39, 0.29) is 6.10 Å². The van der Waals surface area contributed by atoms with Crippen LogP contribution in [0.3, 0.4) is 0 Å². The maximum atomic E-state index is 10.0. The molecule has 1 saturated carbocycles. The van der Waals surface area contributed by atoms with Gasteiger partial charge < -0.3 is 10.1 Å². The molecule has 4 bridgehead atoms. The molecule has 5 aliphatic rings. The van der Waals surface area contributed by atoms with Crippen molar-refractivity contribution in [2.24, 2.45) is 11.8 Å². The summed E-state index contributed by atoms with van der Waals surface area (Å²) in [5.41, 5.74) is 3.03. The van der Waals surface area contributed by atoms with E-state index < -0.39 is 0 Å². The molecule has 0 aromatic carbocycles. The van der Waals surface area contributed by atoms with E-state index in [1.807, 2.05) is 0 Å². The molecule has 3 fully saturated rings. The van der Waals surface area contributed by atoms with Gasteiger partial charge in [-0.15, -0.1) is 0 Å². The standard InChI is InChI=1S/C19H26N2O/c1-2-12-7-11-8-16-18-14(5-6-21(10-11)19(12)16)15-9-13(22)3-4-17(15)20-18/h4,9,11-13,16,19-20,22H,2-3,5-8,10H2,1H3/t11-,12-,13?,16-,19?/m0/s1. The quantitative estimate of drug-likeness (QED) is 0.815. The molecule has 2 saturated heterocycles. The van der Waals surface area contributed by atoms with Crippen LogP contribution in [0.1, 0.15) is 49.8 Å². The summed E-state index contributed by atoms with van der Waals surface area (Å²) in [6.07, 6.45) is 10.0. The minimum Gasteiger partial charge on any atom is -0.389 e. The predicted octanol–water partition coefficient (Wildman–Crippen LogP) is 1.10. The summed E-state index contributed by atoms with van der Waals surface area (Å²) in [5.74, 6) is 2.46. The van der Waals surface area contributed by atoms with E-state index >= 15 is 0 Å². The van der Waals surface area contributed by atoms with Crippen molar-refractivity contribution >= 4 is 12.2 Å². The summed E-state index contributed by atoms with van der Waals surface area (Å²) >= 11 is 0. The van der Waals surface area contributed by atoms with Crippen LogP contribution in [0.5, 0.6) is 0 Å². The zero-order chi connectivity index (χ0) is 14.8. The highest BCUT2D eigenvalue weighted by Crippen LogP contribution is 2.49. The van der Waals surface area contributed by atoms with Gasteiger partial charge in [-0.2, -0.15) is 0 Å². The van der Waals surface area contributed by atoms with Crippen molar-refractivity contribution in [1.29, 1.82) is 0 Å². The molecule has 0 amide bonds. The highest BCUT2D eigenvalue weighted by molar-refractivity contribution is 5.46. The lowest BCUT2D eigenvalue weighted by Gasteiger charge is -2.53. The van der Waals surface area contributed by atoms with E-state index in [9.17, 15) is 5.11 Å². The van der Waals surface area contributed by atoms with Crippen molar-refractivity contribution in [3.63, 3.8) is 0 Å². The topological polar surface area (TPSA) is 39.3 Å². The second-order valence-corrected chi connectivity index (χ2v) is 7.87. The normalized spacial score (nSPS) is 41.9. The molecule has 0 radical (unpaired) electrons. The van der Waals surface area contributed by atoms with Crippen LogP contribution in [0.15, 0.2) is 0 Å². The number of H-pyrrole nitrogens is 1. The van der Waals surface area contributed by atoms with Crippen molar-refractivity contribution in [3.8, 4) is 0 Å². The second kappa shape index (κ2) is 4.72. The molecule has 3 heteroatoms. The molecule has 6 atom stereocenters. The molecular weight excluding hydrogens is 272 g/mol. The van der Waals surface area contributed by atoms with E-state index in [1.165, 1.54) is 54.2 Å². The van der Waals surface area contributed by atoms with Gasteiger partial charge in [0.25, 0.3) is 0 Å². The number of aromatic nitrogens is 1. The highest BCUT2D eigenvalue weighted by atomic mass is 16.3. The fraction of sp³-hybridized carbons (Fsp3) is 0.684. The third-order valence-electron chi connectivity index (χ3n) is 6.71. The lowest BCUT2D eigenvalue weighted by molar-refractivity contribution is -0.0135. The van der Waals surface area contributed by atoms with Crippen LogP contribution in [0, 0.1) is 11.8 Å². The van der Waals surface area contributed by atoms with Crippen LogP contribution in [0.4, 0.5) is 0 Å². The van der Waals surface area contributed by atoms with E-state index in [0.717, 1.165) is 30.7 Å². The summed E-state index contributed by atoms with van der Waals surface area (Å²) in [4.78, 5) is 6.57. The summed E-state index contributed by atoms with van der Waals surface area (Å²) in [6, 6.07) is 0.751. The van der Waals surface area contributed by atoms with Crippen LogP contribution in [0.2, 0.25) is 0 Å². The summed E-state index contributed by atoms with van der Waals surface area (Å²) in [5, 5.41) is 12.6. The minimum absolute atomic E-state index is 0.296. The third-order valence-corrected chi connectivity index (χ3v) is 6.71. The number of aliphatic hydroxyl groups excluding tert-OH is 1. The third kappa shape index (κ3) is 1.75. The number of nitrogens with one attached hydrogen (secondary N) is 1. The number of nitrogens with zero attached hydrogens (tertiary/aromatic N) is 1. The monoisotopic (exact) mass is 298 g/mol. The number of hydrogen-bond acceptors (Lipinski definition) is 2. The van der Waals surface area contributed by atoms with Crippen LogP contribution >= 0.6 is 0 Å². The lowest BCUT2D eigenvalue weighted by atomic mass is 9.65. The average Bonchev–Trinajstić information content (AvgIpc) is 2.85. The van der Waals surface area contributed by atoms with Crippen molar-refractivity contribution in [3.05, 3.63) is 21.8 Å². The number of aliphatic hydroxyl groups is 1. The van der Waals surface area contributed by atoms with Gasteiger partial charge in [0.15, 0.2) is 0 Å². The summed E-state index contributed by atoms with van der Waals surface area (Å²) in [6.45, 7) is 4.90. The lowest BCUT2D eigenvalue weighted by Crippen LogP contribution is -2.56. The van der Waals surface area contributed by atoms with Gasteiger partial charge in [-0.05, 0) is 49.2 Å². The number of fused-ring (bicyclic) bond motifs is 4. The fourth-order valence-electron chi connectivity index (χ4n) is 5.87. The Hall–Kier alpha value is -1.06. The number of rotatable bonds is 1. The van der Waals surface area contributed by atoms with Gasteiger partial charge in [-0.25, -0.2) is 0 Å². The molecule has 3 aliphatic heterocycles. The first-order chi connectivity index (χ1) is 10.7. The molecule has 4 heterocycles.